The first-order valence-electron chi connectivity index (χ1n) is 14.0. The molecule has 2 saturated carbocycles. The van der Waals surface area contributed by atoms with E-state index in [9.17, 15) is 9.59 Å². The predicted molar refractivity (Wildman–Crippen MR) is 159 cm³/mol. The lowest BCUT2D eigenvalue weighted by Crippen LogP contribution is -2.48. The van der Waals surface area contributed by atoms with Gasteiger partial charge in [0.05, 0.1) is 46.1 Å². The molecule has 40 heavy (non-hydrogen) atoms. The van der Waals surface area contributed by atoms with E-state index in [4.69, 9.17) is 55.9 Å². The van der Waals surface area contributed by atoms with Crippen molar-refractivity contribution in [3.05, 3.63) is 67.6 Å². The van der Waals surface area contributed by atoms with Gasteiger partial charge in [-0.05, 0) is 91.7 Å². The summed E-state index contributed by atoms with van der Waals surface area (Å²) in [5, 5.41) is 5.73. The number of halogens is 4. The number of rotatable bonds is 4. The molecule has 2 saturated heterocycles. The average Bonchev–Trinajstić information content (AvgIpc) is 3.53. The number of carbonyl (C=O) groups excluding carboxylic acids is 2. The second-order valence-corrected chi connectivity index (χ2v) is 13.2. The fraction of sp³-hybridized carbons (Fsp3) is 0.548. The van der Waals surface area contributed by atoms with E-state index in [1.165, 1.54) is 20.6 Å². The van der Waals surface area contributed by atoms with Gasteiger partial charge in [-0.3, -0.25) is 9.59 Å². The van der Waals surface area contributed by atoms with Crippen molar-refractivity contribution in [2.45, 2.75) is 68.9 Å². The van der Waals surface area contributed by atoms with E-state index in [0.29, 0.717) is 32.1 Å². The van der Waals surface area contributed by atoms with Gasteiger partial charge in [-0.1, -0.05) is 65.0 Å². The molecule has 0 amide bonds. The number of ether oxygens (including phenoxy) is 2. The lowest BCUT2D eigenvalue weighted by molar-refractivity contribution is -0.149. The third-order valence-corrected chi connectivity index (χ3v) is 11.0. The van der Waals surface area contributed by atoms with Crippen LogP contribution in [-0.4, -0.2) is 38.2 Å². The topological polar surface area (TPSA) is 64.6 Å². The van der Waals surface area contributed by atoms with Gasteiger partial charge in [0.15, 0.2) is 0 Å². The van der Waals surface area contributed by atoms with Gasteiger partial charge < -0.3 is 14.8 Å². The molecule has 0 spiro atoms. The summed E-state index contributed by atoms with van der Waals surface area (Å²) in [5.74, 6) is 1.16. The number of esters is 2. The molecule has 4 aliphatic rings. The molecule has 2 aliphatic heterocycles. The van der Waals surface area contributed by atoms with Crippen molar-refractivity contribution in [1.29, 1.82) is 0 Å². The molecule has 5 nitrogen and oxygen atoms in total. The maximum atomic E-state index is 12.2. The van der Waals surface area contributed by atoms with Crippen LogP contribution < -0.4 is 5.32 Å². The predicted octanol–water partition coefficient (Wildman–Crippen LogP) is 8.08. The summed E-state index contributed by atoms with van der Waals surface area (Å²) in [5.41, 5.74) is 2.19. The molecule has 1 N–H and O–H groups in total. The SMILES string of the molecule is COC(=O)C1C2CCC(C2)CC1c1ccc(Cl)c(Cl)c1.COC(=O)C1C2CCC(CC1c1ccc(Cl)c(Cl)c1)N2. The highest BCUT2D eigenvalue weighted by atomic mass is 35.5. The van der Waals surface area contributed by atoms with E-state index < -0.39 is 0 Å². The average molecular weight is 627 g/mol. The van der Waals surface area contributed by atoms with Gasteiger partial charge >= 0.3 is 11.9 Å². The zero-order valence-corrected chi connectivity index (χ0v) is 25.7. The van der Waals surface area contributed by atoms with Crippen molar-refractivity contribution in [3.63, 3.8) is 0 Å². The number of nitrogens with one attached hydrogen (secondary N) is 1. The minimum atomic E-state index is -0.143. The summed E-state index contributed by atoms with van der Waals surface area (Å²) < 4.78 is 10.1. The van der Waals surface area contributed by atoms with Crippen LogP contribution in [0.2, 0.25) is 20.1 Å². The van der Waals surface area contributed by atoms with Crippen LogP contribution in [0.25, 0.3) is 0 Å². The van der Waals surface area contributed by atoms with E-state index in [-0.39, 0.29) is 41.7 Å². The fourth-order valence-corrected chi connectivity index (χ4v) is 8.28. The highest BCUT2D eigenvalue weighted by Gasteiger charge is 2.47. The Morgan fingerprint density at radius 3 is 1.85 bits per heavy atom. The first kappa shape index (κ1) is 30.0. The van der Waals surface area contributed by atoms with Crippen LogP contribution in [0.15, 0.2) is 36.4 Å². The number of methoxy groups -OCH3 is 2. The summed E-state index contributed by atoms with van der Waals surface area (Å²) in [6.45, 7) is 0. The highest BCUT2D eigenvalue weighted by molar-refractivity contribution is 6.42. The molecule has 8 atom stereocenters. The standard InChI is InChI=1S/C16H18Cl2O2.C15H17Cl2NO2/c1-20-16(19)15-11-3-2-9(6-11)7-12(15)10-4-5-13(17)14(18)8-10;1-20-15(19)14-10(7-9-3-5-13(14)18-9)8-2-4-11(16)12(17)6-8/h4-5,8-9,11-12,15H,2-3,6-7H2,1H3;2,4,6,9-10,13-14,18H,3,5,7H2,1H3. The third kappa shape index (κ3) is 6.15. The summed E-state index contributed by atoms with van der Waals surface area (Å²) in [4.78, 5) is 24.4. The maximum absolute atomic E-state index is 12.2. The highest BCUT2D eigenvalue weighted by Crippen LogP contribution is 2.52. The van der Waals surface area contributed by atoms with Gasteiger partial charge in [-0.15, -0.1) is 0 Å². The molecule has 9 heteroatoms. The van der Waals surface area contributed by atoms with Crippen LogP contribution in [0.4, 0.5) is 0 Å². The maximum Gasteiger partial charge on any atom is 0.310 e. The second kappa shape index (κ2) is 12.8. The second-order valence-electron chi connectivity index (χ2n) is 11.6. The molecule has 216 valence electrons. The van der Waals surface area contributed by atoms with E-state index in [2.05, 4.69) is 5.32 Å². The molecule has 4 fully saturated rings. The Balaban J connectivity index is 0.000000161. The van der Waals surface area contributed by atoms with Crippen LogP contribution in [-0.2, 0) is 19.1 Å². The molecule has 2 aliphatic carbocycles. The Morgan fingerprint density at radius 2 is 1.27 bits per heavy atom. The summed E-state index contributed by atoms with van der Waals surface area (Å²) in [6, 6.07) is 12.1. The van der Waals surface area contributed by atoms with Crippen LogP contribution in [0.3, 0.4) is 0 Å². The normalized spacial score (nSPS) is 32.1. The Labute approximate surface area is 256 Å². The summed E-state index contributed by atoms with van der Waals surface area (Å²) in [6.07, 6.45) is 7.68. The molecule has 2 heterocycles. The minimum Gasteiger partial charge on any atom is -0.469 e. The fourth-order valence-electron chi connectivity index (χ4n) is 7.67. The Morgan fingerprint density at radius 1 is 0.700 bits per heavy atom. The van der Waals surface area contributed by atoms with Gasteiger partial charge in [0, 0.05) is 18.0 Å². The Kier molecular flexibility index (Phi) is 9.58. The van der Waals surface area contributed by atoms with Gasteiger partial charge in [0.1, 0.15) is 0 Å². The zero-order chi connectivity index (χ0) is 28.6. The first-order chi connectivity index (χ1) is 19.2. The molecule has 2 aromatic rings. The van der Waals surface area contributed by atoms with Crippen molar-refractivity contribution >= 4 is 58.3 Å². The third-order valence-electron chi connectivity index (χ3n) is 9.48. The lowest BCUT2D eigenvalue weighted by Gasteiger charge is -2.36. The van der Waals surface area contributed by atoms with Gasteiger partial charge in [0.2, 0.25) is 0 Å². The van der Waals surface area contributed by atoms with Crippen LogP contribution in [0.1, 0.15) is 67.9 Å². The first-order valence-corrected chi connectivity index (χ1v) is 15.5. The molecule has 4 bridgehead atoms. The quantitative estimate of drug-likeness (QED) is 0.348. The van der Waals surface area contributed by atoms with Crippen molar-refractivity contribution in [3.8, 4) is 0 Å². The lowest BCUT2D eigenvalue weighted by atomic mass is 9.69. The number of fused-ring (bicyclic) bond motifs is 4. The molecule has 8 unspecified atom stereocenters. The van der Waals surface area contributed by atoms with Crippen molar-refractivity contribution < 1.29 is 19.1 Å². The molecule has 0 radical (unpaired) electrons. The molecular weight excluding hydrogens is 592 g/mol. The van der Waals surface area contributed by atoms with Crippen LogP contribution in [0, 0.1) is 23.7 Å². The number of benzene rings is 2. The zero-order valence-electron chi connectivity index (χ0n) is 22.7. The molecule has 0 aromatic heterocycles. The summed E-state index contributed by atoms with van der Waals surface area (Å²) >= 11 is 24.2. The Hall–Kier alpha value is -1.50. The van der Waals surface area contributed by atoms with E-state index >= 15 is 0 Å². The van der Waals surface area contributed by atoms with Gasteiger partial charge in [-0.2, -0.15) is 0 Å². The van der Waals surface area contributed by atoms with E-state index in [1.54, 1.807) is 6.07 Å². The van der Waals surface area contributed by atoms with Gasteiger partial charge in [0.25, 0.3) is 0 Å². The monoisotopic (exact) mass is 625 g/mol. The number of hydrogen-bond acceptors (Lipinski definition) is 5. The number of hydrogen-bond donors (Lipinski definition) is 1. The van der Waals surface area contributed by atoms with Crippen molar-refractivity contribution in [1.82, 2.24) is 5.32 Å². The van der Waals surface area contributed by atoms with Gasteiger partial charge in [-0.25, -0.2) is 0 Å². The van der Waals surface area contributed by atoms with E-state index in [1.807, 2.05) is 30.3 Å². The summed E-state index contributed by atoms with van der Waals surface area (Å²) in [7, 11) is 2.94. The molecular formula is C31H35Cl4NO4. The number of carbonyl (C=O) groups is 2. The number of piperidine rings is 1. The smallest absolute Gasteiger partial charge is 0.310 e. The minimum absolute atomic E-state index is 0.0315. The van der Waals surface area contributed by atoms with Crippen LogP contribution >= 0.6 is 46.4 Å². The molecule has 2 aromatic carbocycles. The largest absolute Gasteiger partial charge is 0.469 e. The molecule has 6 rings (SSSR count). The van der Waals surface area contributed by atoms with Crippen molar-refractivity contribution in [2.24, 2.45) is 23.7 Å². The Bertz CT molecular complexity index is 1160. The van der Waals surface area contributed by atoms with E-state index in [0.717, 1.165) is 55.6 Å². The van der Waals surface area contributed by atoms with Crippen molar-refractivity contribution in [2.75, 3.05) is 14.2 Å². The van der Waals surface area contributed by atoms with Crippen LogP contribution in [0.5, 0.6) is 0 Å².